The molecule has 2 unspecified atom stereocenters. The molecule has 160 valence electrons. The third-order valence-electron chi connectivity index (χ3n) is 4.92. The molecule has 11 heteroatoms. The van der Waals surface area contributed by atoms with Crippen molar-refractivity contribution in [3.8, 4) is 0 Å². The molecule has 0 spiro atoms. The summed E-state index contributed by atoms with van der Waals surface area (Å²) in [6.45, 7) is 5.89. The van der Waals surface area contributed by atoms with Gasteiger partial charge in [0, 0.05) is 19.1 Å². The lowest BCUT2D eigenvalue weighted by Gasteiger charge is -2.40. The molecule has 2 fully saturated rings. The number of aliphatic hydroxyl groups excluding tert-OH is 2. The molecule has 1 aromatic rings. The number of carbonyl (C=O) groups excluding carboxylic acids is 3. The molecule has 1 aliphatic heterocycles. The van der Waals surface area contributed by atoms with E-state index in [1.54, 1.807) is 20.8 Å². The maximum Gasteiger partial charge on any atom is 0.410 e. The van der Waals surface area contributed by atoms with E-state index in [1.807, 2.05) is 0 Å². The SMILES string of the molecule is CC(C)(C)OC(=O)N1CC(NC(=O)c2c(Cl)nc(C=O)n2C2CC(O)C(O)C2)C1. The predicted molar refractivity (Wildman–Crippen MR) is 102 cm³/mol. The molecule has 1 saturated carbocycles. The number of rotatable bonds is 4. The first kappa shape index (κ1) is 21.5. The molecule has 0 radical (unpaired) electrons. The van der Waals surface area contributed by atoms with Crippen LogP contribution in [0.25, 0.3) is 0 Å². The van der Waals surface area contributed by atoms with E-state index in [0.717, 1.165) is 0 Å². The number of hydrogen-bond acceptors (Lipinski definition) is 7. The molecule has 10 nitrogen and oxygen atoms in total. The summed E-state index contributed by atoms with van der Waals surface area (Å²) < 4.78 is 6.65. The number of nitrogens with zero attached hydrogens (tertiary/aromatic N) is 3. The molecule has 2 amide bonds. The van der Waals surface area contributed by atoms with E-state index in [-0.39, 0.29) is 48.6 Å². The first-order valence-electron chi connectivity index (χ1n) is 9.38. The minimum absolute atomic E-state index is 0.00390. The largest absolute Gasteiger partial charge is 0.444 e. The van der Waals surface area contributed by atoms with Gasteiger partial charge in [0.05, 0.1) is 18.2 Å². The third kappa shape index (κ3) is 4.54. The highest BCUT2D eigenvalue weighted by Gasteiger charge is 2.39. The Hall–Kier alpha value is -2.17. The minimum Gasteiger partial charge on any atom is -0.444 e. The topological polar surface area (TPSA) is 134 Å². The van der Waals surface area contributed by atoms with Crippen LogP contribution in [0.4, 0.5) is 4.79 Å². The fourth-order valence-corrected chi connectivity index (χ4v) is 3.82. The summed E-state index contributed by atoms with van der Waals surface area (Å²) in [5.74, 6) is -0.587. The molecule has 1 aliphatic carbocycles. The van der Waals surface area contributed by atoms with Crippen molar-refractivity contribution in [2.75, 3.05) is 13.1 Å². The van der Waals surface area contributed by atoms with Crippen molar-refractivity contribution >= 4 is 29.9 Å². The van der Waals surface area contributed by atoms with E-state index in [9.17, 15) is 24.6 Å². The standard InChI is InChI=1S/C18H25ClN4O6/c1-18(2,3)29-17(28)22-6-9(7-22)20-16(27)14-15(19)21-13(8-24)23(14)10-4-11(25)12(26)5-10/h8-12,25-26H,4-7H2,1-3H3,(H,20,27). The highest BCUT2D eigenvalue weighted by molar-refractivity contribution is 6.32. The van der Waals surface area contributed by atoms with Crippen LogP contribution in [-0.4, -0.2) is 79.9 Å². The Bertz CT molecular complexity index is 804. The number of amides is 2. The number of carbonyl (C=O) groups is 3. The van der Waals surface area contributed by atoms with Crippen LogP contribution >= 0.6 is 11.6 Å². The molecule has 3 N–H and O–H groups in total. The van der Waals surface area contributed by atoms with Gasteiger partial charge in [-0.05, 0) is 33.6 Å². The number of aliphatic hydroxyl groups is 2. The van der Waals surface area contributed by atoms with Crippen LogP contribution in [0.3, 0.4) is 0 Å². The Morgan fingerprint density at radius 1 is 1.24 bits per heavy atom. The lowest BCUT2D eigenvalue weighted by molar-refractivity contribution is 0.00527. The van der Waals surface area contributed by atoms with Gasteiger partial charge in [-0.25, -0.2) is 9.78 Å². The lowest BCUT2D eigenvalue weighted by Crippen LogP contribution is -2.61. The van der Waals surface area contributed by atoms with Crippen LogP contribution in [0.5, 0.6) is 0 Å². The maximum absolute atomic E-state index is 12.8. The lowest BCUT2D eigenvalue weighted by atomic mass is 10.1. The number of aromatic nitrogens is 2. The summed E-state index contributed by atoms with van der Waals surface area (Å²) in [5.41, 5.74) is -0.608. The molecular formula is C18H25ClN4O6. The Morgan fingerprint density at radius 3 is 2.34 bits per heavy atom. The highest BCUT2D eigenvalue weighted by atomic mass is 35.5. The number of likely N-dealkylation sites (tertiary alicyclic amines) is 1. The van der Waals surface area contributed by atoms with E-state index < -0.39 is 35.9 Å². The first-order chi connectivity index (χ1) is 13.5. The van der Waals surface area contributed by atoms with Crippen molar-refractivity contribution in [2.45, 2.75) is 63.5 Å². The number of imidazole rings is 1. The molecule has 29 heavy (non-hydrogen) atoms. The normalized spacial score (nSPS) is 24.9. The van der Waals surface area contributed by atoms with E-state index in [1.165, 1.54) is 9.47 Å². The van der Waals surface area contributed by atoms with E-state index in [4.69, 9.17) is 16.3 Å². The van der Waals surface area contributed by atoms with Gasteiger partial charge < -0.3 is 29.7 Å². The quantitative estimate of drug-likeness (QED) is 0.602. The van der Waals surface area contributed by atoms with Gasteiger partial charge in [0.2, 0.25) is 0 Å². The fraction of sp³-hybridized carbons (Fsp3) is 0.667. The molecule has 2 aliphatic rings. The van der Waals surface area contributed by atoms with Crippen LogP contribution < -0.4 is 5.32 Å². The number of aldehydes is 1. The molecule has 2 atom stereocenters. The second kappa shape index (κ2) is 7.92. The molecule has 2 heterocycles. The Labute approximate surface area is 172 Å². The summed E-state index contributed by atoms with van der Waals surface area (Å²) in [7, 11) is 0. The van der Waals surface area contributed by atoms with Crippen LogP contribution in [0.15, 0.2) is 0 Å². The summed E-state index contributed by atoms with van der Waals surface area (Å²) in [4.78, 5) is 41.6. The molecular weight excluding hydrogens is 404 g/mol. The number of halogens is 1. The number of hydrogen-bond donors (Lipinski definition) is 3. The average molecular weight is 429 g/mol. The zero-order valence-electron chi connectivity index (χ0n) is 16.5. The number of nitrogens with one attached hydrogen (secondary N) is 1. The second-order valence-corrected chi connectivity index (χ2v) is 8.77. The van der Waals surface area contributed by atoms with Crippen molar-refractivity contribution in [3.63, 3.8) is 0 Å². The van der Waals surface area contributed by atoms with Gasteiger partial charge in [-0.2, -0.15) is 0 Å². The molecule has 0 aromatic carbocycles. The van der Waals surface area contributed by atoms with Crippen LogP contribution in [0, 0.1) is 0 Å². The van der Waals surface area contributed by atoms with E-state index in [0.29, 0.717) is 6.29 Å². The van der Waals surface area contributed by atoms with E-state index >= 15 is 0 Å². The zero-order chi connectivity index (χ0) is 21.5. The predicted octanol–water partition coefficient (Wildman–Crippen LogP) is 0.755. The maximum atomic E-state index is 12.8. The van der Waals surface area contributed by atoms with Crippen molar-refractivity contribution in [1.82, 2.24) is 19.8 Å². The van der Waals surface area contributed by atoms with Crippen LogP contribution in [0.1, 0.15) is 60.8 Å². The summed E-state index contributed by atoms with van der Waals surface area (Å²) in [5, 5.41) is 22.3. The van der Waals surface area contributed by atoms with Crippen LogP contribution in [0.2, 0.25) is 5.15 Å². The molecule has 1 aromatic heterocycles. The molecule has 1 saturated heterocycles. The Kier molecular flexibility index (Phi) is 5.88. The average Bonchev–Trinajstić information content (AvgIpc) is 3.07. The monoisotopic (exact) mass is 428 g/mol. The van der Waals surface area contributed by atoms with Gasteiger partial charge in [-0.3, -0.25) is 9.59 Å². The molecule has 0 bridgehead atoms. The van der Waals surface area contributed by atoms with Gasteiger partial charge in [-0.15, -0.1) is 0 Å². The van der Waals surface area contributed by atoms with Crippen molar-refractivity contribution in [2.24, 2.45) is 0 Å². The van der Waals surface area contributed by atoms with Gasteiger partial charge in [0.25, 0.3) is 5.91 Å². The van der Waals surface area contributed by atoms with Gasteiger partial charge in [0.1, 0.15) is 11.3 Å². The smallest absolute Gasteiger partial charge is 0.410 e. The van der Waals surface area contributed by atoms with Crippen molar-refractivity contribution < 1.29 is 29.3 Å². The minimum atomic E-state index is -0.953. The first-order valence-corrected chi connectivity index (χ1v) is 9.75. The Balaban J connectivity index is 1.69. The van der Waals surface area contributed by atoms with Gasteiger partial charge in [0.15, 0.2) is 17.3 Å². The highest BCUT2D eigenvalue weighted by Crippen LogP contribution is 2.34. The van der Waals surface area contributed by atoms with Crippen molar-refractivity contribution in [1.29, 1.82) is 0 Å². The van der Waals surface area contributed by atoms with Crippen LogP contribution in [-0.2, 0) is 4.74 Å². The second-order valence-electron chi connectivity index (χ2n) is 8.41. The summed E-state index contributed by atoms with van der Waals surface area (Å²) in [6, 6.07) is -0.783. The number of ether oxygens (including phenoxy) is 1. The summed E-state index contributed by atoms with van der Waals surface area (Å²) in [6.07, 6.45) is -1.54. The molecule has 3 rings (SSSR count). The van der Waals surface area contributed by atoms with E-state index in [2.05, 4.69) is 10.3 Å². The Morgan fingerprint density at radius 2 is 1.83 bits per heavy atom. The van der Waals surface area contributed by atoms with Gasteiger partial charge >= 0.3 is 6.09 Å². The fourth-order valence-electron chi connectivity index (χ4n) is 3.56. The van der Waals surface area contributed by atoms with Gasteiger partial charge in [-0.1, -0.05) is 11.6 Å². The van der Waals surface area contributed by atoms with Crippen molar-refractivity contribution in [3.05, 3.63) is 16.7 Å². The summed E-state index contributed by atoms with van der Waals surface area (Å²) >= 11 is 6.11. The zero-order valence-corrected chi connectivity index (χ0v) is 17.2. The third-order valence-corrected chi connectivity index (χ3v) is 5.18.